The minimum Gasteiger partial charge on any atom is -0.329 e. The molecule has 1 heterocycles. The third-order valence-corrected chi connectivity index (χ3v) is 3.18. The highest BCUT2D eigenvalue weighted by Crippen LogP contribution is 2.09. The Balaban J connectivity index is 0.00000200. The fraction of sp³-hybridized carbons (Fsp3) is 0.400. The number of nitrogens with zero attached hydrogens (tertiary/aromatic N) is 3. The Hall–Kier alpha value is -1.36. The molecule has 0 amide bonds. The van der Waals surface area contributed by atoms with Gasteiger partial charge < -0.3 is 5.73 Å². The van der Waals surface area contributed by atoms with Gasteiger partial charge in [0, 0.05) is 38.9 Å². The van der Waals surface area contributed by atoms with Gasteiger partial charge in [-0.25, -0.2) is 0 Å². The topological polar surface area (TPSA) is 47.1 Å². The Morgan fingerprint density at radius 1 is 1.15 bits per heavy atom. The molecule has 0 bridgehead atoms. The molecular weight excluding hydrogens is 272 g/mol. The molecule has 0 saturated heterocycles. The molecule has 0 aliphatic rings. The smallest absolute Gasteiger partial charge is 0.0524 e. The first-order chi connectivity index (χ1) is 9.33. The summed E-state index contributed by atoms with van der Waals surface area (Å²) >= 11 is 0. The van der Waals surface area contributed by atoms with E-state index in [1.807, 2.05) is 16.9 Å². The van der Waals surface area contributed by atoms with Gasteiger partial charge in [0.15, 0.2) is 0 Å². The first kappa shape index (κ1) is 16.7. The van der Waals surface area contributed by atoms with Crippen LogP contribution in [0.3, 0.4) is 0 Å². The van der Waals surface area contributed by atoms with Gasteiger partial charge in [0.1, 0.15) is 0 Å². The Morgan fingerprint density at radius 3 is 2.55 bits per heavy atom. The summed E-state index contributed by atoms with van der Waals surface area (Å²) in [5, 5.41) is 4.31. The fourth-order valence-electron chi connectivity index (χ4n) is 2.25. The lowest BCUT2D eigenvalue weighted by Crippen LogP contribution is -2.29. The zero-order valence-corrected chi connectivity index (χ0v) is 12.7. The van der Waals surface area contributed by atoms with Crippen LogP contribution in [0.1, 0.15) is 18.2 Å². The van der Waals surface area contributed by atoms with E-state index in [9.17, 15) is 0 Å². The molecule has 0 spiro atoms. The van der Waals surface area contributed by atoms with Crippen LogP contribution in [0.2, 0.25) is 0 Å². The molecule has 4 nitrogen and oxygen atoms in total. The zero-order chi connectivity index (χ0) is 13.5. The third-order valence-electron chi connectivity index (χ3n) is 3.18. The molecule has 0 unspecified atom stereocenters. The SMILES string of the molecule is CCn1nccc1CN(CCN)Cc1ccccc1.Cl. The molecule has 1 aromatic carbocycles. The van der Waals surface area contributed by atoms with Crippen molar-refractivity contribution in [2.75, 3.05) is 13.1 Å². The number of hydrogen-bond acceptors (Lipinski definition) is 3. The second-order valence-electron chi connectivity index (χ2n) is 4.62. The number of aromatic nitrogens is 2. The second kappa shape index (κ2) is 8.74. The highest BCUT2D eigenvalue weighted by atomic mass is 35.5. The van der Waals surface area contributed by atoms with Crippen molar-refractivity contribution in [3.8, 4) is 0 Å². The summed E-state index contributed by atoms with van der Waals surface area (Å²) in [6.45, 7) is 6.40. The second-order valence-corrected chi connectivity index (χ2v) is 4.62. The Kier molecular flexibility index (Phi) is 7.30. The average Bonchev–Trinajstić information content (AvgIpc) is 2.87. The molecule has 110 valence electrons. The van der Waals surface area contributed by atoms with Crippen LogP contribution in [0.25, 0.3) is 0 Å². The summed E-state index contributed by atoms with van der Waals surface area (Å²) in [5.41, 5.74) is 8.28. The molecule has 5 heteroatoms. The summed E-state index contributed by atoms with van der Waals surface area (Å²) in [4.78, 5) is 2.36. The highest BCUT2D eigenvalue weighted by molar-refractivity contribution is 5.85. The number of halogens is 1. The van der Waals surface area contributed by atoms with E-state index < -0.39 is 0 Å². The van der Waals surface area contributed by atoms with Crippen molar-refractivity contribution in [3.63, 3.8) is 0 Å². The molecule has 0 aliphatic carbocycles. The summed E-state index contributed by atoms with van der Waals surface area (Å²) in [5.74, 6) is 0. The van der Waals surface area contributed by atoms with Gasteiger partial charge in [-0.05, 0) is 18.6 Å². The first-order valence-electron chi connectivity index (χ1n) is 6.80. The minimum absolute atomic E-state index is 0. The van der Waals surface area contributed by atoms with Crippen LogP contribution in [0.5, 0.6) is 0 Å². The van der Waals surface area contributed by atoms with Crippen molar-refractivity contribution in [1.29, 1.82) is 0 Å². The van der Waals surface area contributed by atoms with E-state index in [1.165, 1.54) is 11.3 Å². The van der Waals surface area contributed by atoms with Gasteiger partial charge in [-0.2, -0.15) is 5.10 Å². The molecule has 0 radical (unpaired) electrons. The minimum atomic E-state index is 0. The molecule has 0 fully saturated rings. The van der Waals surface area contributed by atoms with Crippen molar-refractivity contribution in [1.82, 2.24) is 14.7 Å². The lowest BCUT2D eigenvalue weighted by molar-refractivity contribution is 0.256. The van der Waals surface area contributed by atoms with Crippen molar-refractivity contribution in [3.05, 3.63) is 53.9 Å². The van der Waals surface area contributed by atoms with E-state index in [0.29, 0.717) is 6.54 Å². The fourth-order valence-corrected chi connectivity index (χ4v) is 2.25. The van der Waals surface area contributed by atoms with Crippen LogP contribution < -0.4 is 5.73 Å². The number of hydrogen-bond donors (Lipinski definition) is 1. The summed E-state index contributed by atoms with van der Waals surface area (Å²) in [6.07, 6.45) is 1.86. The van der Waals surface area contributed by atoms with Gasteiger partial charge in [0.05, 0.1) is 5.69 Å². The van der Waals surface area contributed by atoms with Gasteiger partial charge in [0.25, 0.3) is 0 Å². The van der Waals surface area contributed by atoms with Crippen LogP contribution in [0.15, 0.2) is 42.6 Å². The third kappa shape index (κ3) is 4.63. The van der Waals surface area contributed by atoms with Gasteiger partial charge in [-0.1, -0.05) is 30.3 Å². The molecular formula is C15H23ClN4. The number of benzene rings is 1. The first-order valence-corrected chi connectivity index (χ1v) is 6.80. The summed E-state index contributed by atoms with van der Waals surface area (Å²) in [6, 6.07) is 12.6. The van der Waals surface area contributed by atoms with Crippen molar-refractivity contribution < 1.29 is 0 Å². The lowest BCUT2D eigenvalue weighted by atomic mass is 10.2. The molecule has 2 N–H and O–H groups in total. The molecule has 0 saturated carbocycles. The molecule has 0 atom stereocenters. The van der Waals surface area contributed by atoms with Gasteiger partial charge >= 0.3 is 0 Å². The van der Waals surface area contributed by atoms with E-state index in [1.54, 1.807) is 0 Å². The maximum absolute atomic E-state index is 5.72. The van der Waals surface area contributed by atoms with Gasteiger partial charge in [-0.3, -0.25) is 9.58 Å². The van der Waals surface area contributed by atoms with Gasteiger partial charge in [-0.15, -0.1) is 12.4 Å². The quantitative estimate of drug-likeness (QED) is 0.852. The van der Waals surface area contributed by atoms with Gasteiger partial charge in [0.2, 0.25) is 0 Å². The maximum Gasteiger partial charge on any atom is 0.0524 e. The molecule has 1 aromatic heterocycles. The largest absolute Gasteiger partial charge is 0.329 e. The molecule has 0 aliphatic heterocycles. The van der Waals surface area contributed by atoms with E-state index in [0.717, 1.165) is 26.2 Å². The van der Waals surface area contributed by atoms with Crippen molar-refractivity contribution in [2.24, 2.45) is 5.73 Å². The standard InChI is InChI=1S/C15H22N4.ClH/c1-2-19-15(8-10-17-19)13-18(11-9-16)12-14-6-4-3-5-7-14;/h3-8,10H,2,9,11-13,16H2,1H3;1H. The zero-order valence-electron chi connectivity index (χ0n) is 11.9. The Morgan fingerprint density at radius 2 is 1.90 bits per heavy atom. The van der Waals surface area contributed by atoms with Crippen LogP contribution in [-0.4, -0.2) is 27.8 Å². The van der Waals surface area contributed by atoms with E-state index in [2.05, 4.69) is 47.3 Å². The predicted molar refractivity (Wildman–Crippen MR) is 84.8 cm³/mol. The summed E-state index contributed by atoms with van der Waals surface area (Å²) in [7, 11) is 0. The average molecular weight is 295 g/mol. The van der Waals surface area contributed by atoms with E-state index in [-0.39, 0.29) is 12.4 Å². The molecule has 2 rings (SSSR count). The lowest BCUT2D eigenvalue weighted by Gasteiger charge is -2.22. The maximum atomic E-state index is 5.72. The number of aryl methyl sites for hydroxylation is 1. The van der Waals surface area contributed by atoms with Crippen LogP contribution in [0, 0.1) is 0 Å². The molecule has 20 heavy (non-hydrogen) atoms. The van der Waals surface area contributed by atoms with Crippen LogP contribution in [-0.2, 0) is 19.6 Å². The van der Waals surface area contributed by atoms with E-state index >= 15 is 0 Å². The van der Waals surface area contributed by atoms with Crippen LogP contribution >= 0.6 is 12.4 Å². The monoisotopic (exact) mass is 294 g/mol. The molecule has 2 aromatic rings. The highest BCUT2D eigenvalue weighted by Gasteiger charge is 2.09. The number of rotatable bonds is 7. The van der Waals surface area contributed by atoms with Crippen molar-refractivity contribution in [2.45, 2.75) is 26.6 Å². The Labute approximate surface area is 127 Å². The number of nitrogens with two attached hydrogens (primary N) is 1. The van der Waals surface area contributed by atoms with E-state index in [4.69, 9.17) is 5.73 Å². The van der Waals surface area contributed by atoms with Crippen molar-refractivity contribution >= 4 is 12.4 Å². The van der Waals surface area contributed by atoms with Crippen LogP contribution in [0.4, 0.5) is 0 Å². The summed E-state index contributed by atoms with van der Waals surface area (Å²) < 4.78 is 2.04. The predicted octanol–water partition coefficient (Wildman–Crippen LogP) is 2.29. The Bertz CT molecular complexity index is 484. The normalized spacial score (nSPS) is 10.6.